The Morgan fingerprint density at radius 2 is 2.38 bits per heavy atom. The van der Waals surface area contributed by atoms with Crippen LogP contribution in [0.1, 0.15) is 18.5 Å². The number of hydrogen-bond acceptors (Lipinski definition) is 3. The van der Waals surface area contributed by atoms with Crippen LogP contribution in [0.15, 0.2) is 24.4 Å². The van der Waals surface area contributed by atoms with Crippen LogP contribution in [0.25, 0.3) is 0 Å². The molecule has 1 N–H and O–H groups in total. The lowest BCUT2D eigenvalue weighted by Crippen LogP contribution is -2.27. The number of carbonyl (C=O) groups is 1. The van der Waals surface area contributed by atoms with Crippen LogP contribution in [0.4, 0.5) is 0 Å². The largest absolute Gasteiger partial charge is 0.479 e. The molecule has 1 fully saturated rings. The molecular weight excluding hydrogens is 206 g/mol. The van der Waals surface area contributed by atoms with Crippen molar-refractivity contribution in [2.45, 2.75) is 25.4 Å². The van der Waals surface area contributed by atoms with Gasteiger partial charge in [-0.15, -0.1) is 0 Å². The van der Waals surface area contributed by atoms with Crippen molar-refractivity contribution in [2.75, 3.05) is 6.61 Å². The van der Waals surface area contributed by atoms with Crippen LogP contribution in [-0.2, 0) is 16.0 Å². The van der Waals surface area contributed by atoms with Crippen molar-refractivity contribution in [3.05, 3.63) is 30.1 Å². The summed E-state index contributed by atoms with van der Waals surface area (Å²) in [6, 6.07) is 5.68. The molecule has 86 valence electrons. The summed E-state index contributed by atoms with van der Waals surface area (Å²) >= 11 is 0. The molecule has 2 rings (SSSR count). The van der Waals surface area contributed by atoms with Gasteiger partial charge < -0.3 is 9.84 Å². The zero-order valence-electron chi connectivity index (χ0n) is 9.00. The van der Waals surface area contributed by atoms with Crippen LogP contribution in [0.2, 0.25) is 0 Å². The Kier molecular flexibility index (Phi) is 3.51. The number of pyridine rings is 1. The molecule has 1 unspecified atom stereocenters. The highest BCUT2D eigenvalue weighted by Gasteiger charge is 2.36. The van der Waals surface area contributed by atoms with Crippen LogP contribution in [0, 0.1) is 5.92 Å². The first-order valence-corrected chi connectivity index (χ1v) is 5.51. The van der Waals surface area contributed by atoms with E-state index in [0.717, 1.165) is 18.5 Å². The number of ether oxygens (including phenoxy) is 1. The molecule has 1 aliphatic carbocycles. The van der Waals surface area contributed by atoms with Gasteiger partial charge in [0.25, 0.3) is 0 Å². The molecule has 0 radical (unpaired) electrons. The fourth-order valence-electron chi connectivity index (χ4n) is 1.64. The van der Waals surface area contributed by atoms with E-state index in [9.17, 15) is 4.79 Å². The zero-order chi connectivity index (χ0) is 11.4. The van der Waals surface area contributed by atoms with Crippen LogP contribution in [0.5, 0.6) is 0 Å². The maximum Gasteiger partial charge on any atom is 0.333 e. The predicted molar refractivity (Wildman–Crippen MR) is 58.0 cm³/mol. The van der Waals surface area contributed by atoms with Gasteiger partial charge in [-0.2, -0.15) is 0 Å². The molecule has 0 spiro atoms. The standard InChI is InChI=1S/C12H15NO3/c14-12(15)11(9-4-5-9)16-8-6-10-3-1-2-7-13-10/h1-3,7,9,11H,4-6,8H2,(H,14,15). The Bertz CT molecular complexity index is 349. The molecule has 0 saturated heterocycles. The molecule has 1 aliphatic rings. The Balaban J connectivity index is 1.76. The van der Waals surface area contributed by atoms with Gasteiger partial charge in [0, 0.05) is 18.3 Å². The minimum Gasteiger partial charge on any atom is -0.479 e. The van der Waals surface area contributed by atoms with Crippen LogP contribution in [0.3, 0.4) is 0 Å². The Morgan fingerprint density at radius 3 is 2.94 bits per heavy atom. The molecule has 0 amide bonds. The maximum absolute atomic E-state index is 10.9. The molecular formula is C12H15NO3. The van der Waals surface area contributed by atoms with Crippen LogP contribution in [-0.4, -0.2) is 28.8 Å². The van der Waals surface area contributed by atoms with Crippen molar-refractivity contribution in [3.63, 3.8) is 0 Å². The number of carboxylic acids is 1. The predicted octanol–water partition coefficient (Wildman–Crippen LogP) is 1.50. The average molecular weight is 221 g/mol. The van der Waals surface area contributed by atoms with E-state index >= 15 is 0 Å². The third-order valence-corrected chi connectivity index (χ3v) is 2.68. The third-order valence-electron chi connectivity index (χ3n) is 2.68. The second kappa shape index (κ2) is 5.07. The van der Waals surface area contributed by atoms with Gasteiger partial charge in [-0.05, 0) is 30.9 Å². The summed E-state index contributed by atoms with van der Waals surface area (Å²) < 4.78 is 5.39. The molecule has 0 aliphatic heterocycles. The highest BCUT2D eigenvalue weighted by Crippen LogP contribution is 2.34. The molecule has 16 heavy (non-hydrogen) atoms. The molecule has 1 aromatic rings. The van der Waals surface area contributed by atoms with Crippen molar-refractivity contribution in [1.82, 2.24) is 4.98 Å². The average Bonchev–Trinajstić information content (AvgIpc) is 3.09. The first kappa shape index (κ1) is 11.1. The van der Waals surface area contributed by atoms with Crippen molar-refractivity contribution < 1.29 is 14.6 Å². The van der Waals surface area contributed by atoms with Crippen molar-refractivity contribution in [1.29, 1.82) is 0 Å². The highest BCUT2D eigenvalue weighted by molar-refractivity contribution is 5.73. The van der Waals surface area contributed by atoms with Crippen molar-refractivity contribution in [2.24, 2.45) is 5.92 Å². The monoisotopic (exact) mass is 221 g/mol. The molecule has 4 heteroatoms. The lowest BCUT2D eigenvalue weighted by molar-refractivity contribution is -0.151. The van der Waals surface area contributed by atoms with Gasteiger partial charge in [-0.3, -0.25) is 4.98 Å². The summed E-state index contributed by atoms with van der Waals surface area (Å²) in [5.41, 5.74) is 0.933. The molecule has 0 bridgehead atoms. The van der Waals surface area contributed by atoms with E-state index in [2.05, 4.69) is 4.98 Å². The lowest BCUT2D eigenvalue weighted by Gasteiger charge is -2.12. The number of carboxylic acid groups (broad SMARTS) is 1. The maximum atomic E-state index is 10.9. The van der Waals surface area contributed by atoms with Gasteiger partial charge in [0.2, 0.25) is 0 Å². The summed E-state index contributed by atoms with van der Waals surface area (Å²) in [4.78, 5) is 15.0. The minimum atomic E-state index is -0.844. The van der Waals surface area contributed by atoms with Gasteiger partial charge in [-0.1, -0.05) is 6.07 Å². The molecule has 1 heterocycles. The second-order valence-electron chi connectivity index (χ2n) is 4.04. The SMILES string of the molecule is O=C(O)C(OCCc1ccccn1)C1CC1. The Labute approximate surface area is 94.3 Å². The molecule has 4 nitrogen and oxygen atoms in total. The minimum absolute atomic E-state index is 0.223. The number of nitrogens with zero attached hydrogens (tertiary/aromatic N) is 1. The molecule has 1 atom stereocenters. The number of rotatable bonds is 6. The van der Waals surface area contributed by atoms with E-state index in [-0.39, 0.29) is 5.92 Å². The van der Waals surface area contributed by atoms with E-state index in [0.29, 0.717) is 13.0 Å². The first-order chi connectivity index (χ1) is 7.77. The van der Waals surface area contributed by atoms with Gasteiger partial charge in [-0.25, -0.2) is 4.79 Å². The first-order valence-electron chi connectivity index (χ1n) is 5.51. The van der Waals surface area contributed by atoms with Gasteiger partial charge in [0.1, 0.15) is 0 Å². The third kappa shape index (κ3) is 3.03. The molecule has 0 aromatic carbocycles. The summed E-state index contributed by atoms with van der Waals surface area (Å²) in [7, 11) is 0. The van der Waals surface area contributed by atoms with Crippen molar-refractivity contribution in [3.8, 4) is 0 Å². The number of aliphatic carboxylic acids is 1. The number of aromatic nitrogens is 1. The van der Waals surface area contributed by atoms with Gasteiger partial charge in [0.05, 0.1) is 6.61 Å². The lowest BCUT2D eigenvalue weighted by atomic mass is 10.2. The van der Waals surface area contributed by atoms with E-state index in [1.807, 2.05) is 18.2 Å². The molecule has 1 saturated carbocycles. The Morgan fingerprint density at radius 1 is 1.56 bits per heavy atom. The van der Waals surface area contributed by atoms with E-state index in [1.165, 1.54) is 0 Å². The van der Waals surface area contributed by atoms with E-state index in [1.54, 1.807) is 6.20 Å². The quantitative estimate of drug-likeness (QED) is 0.790. The summed E-state index contributed by atoms with van der Waals surface area (Å²) in [6.07, 6.45) is 3.72. The van der Waals surface area contributed by atoms with Crippen molar-refractivity contribution >= 4 is 5.97 Å². The fraction of sp³-hybridized carbons (Fsp3) is 0.500. The highest BCUT2D eigenvalue weighted by atomic mass is 16.5. The van der Waals surface area contributed by atoms with E-state index in [4.69, 9.17) is 9.84 Å². The normalized spacial score (nSPS) is 17.0. The Hall–Kier alpha value is -1.42. The van der Waals surface area contributed by atoms with Crippen LogP contribution < -0.4 is 0 Å². The topological polar surface area (TPSA) is 59.4 Å². The summed E-state index contributed by atoms with van der Waals surface area (Å²) in [5.74, 6) is -0.621. The summed E-state index contributed by atoms with van der Waals surface area (Å²) in [5, 5.41) is 8.94. The zero-order valence-corrected chi connectivity index (χ0v) is 9.00. The molecule has 1 aromatic heterocycles. The van der Waals surface area contributed by atoms with Crippen LogP contribution >= 0.6 is 0 Å². The van der Waals surface area contributed by atoms with Gasteiger partial charge in [0.15, 0.2) is 6.10 Å². The fourth-order valence-corrected chi connectivity index (χ4v) is 1.64. The van der Waals surface area contributed by atoms with Gasteiger partial charge >= 0.3 is 5.97 Å². The van der Waals surface area contributed by atoms with E-state index < -0.39 is 12.1 Å². The smallest absolute Gasteiger partial charge is 0.333 e. The second-order valence-corrected chi connectivity index (χ2v) is 4.04. The summed E-state index contributed by atoms with van der Waals surface area (Å²) in [6.45, 7) is 0.421. The number of hydrogen-bond donors (Lipinski definition) is 1.